The smallest absolute Gasteiger partial charge is 0.276 e. The number of rotatable bonds is 9. The highest BCUT2D eigenvalue weighted by molar-refractivity contribution is 7.89. The number of para-hydroxylation sites is 1. The molecule has 0 saturated carbocycles. The summed E-state index contributed by atoms with van der Waals surface area (Å²) in [5, 5.41) is 13.6. The summed E-state index contributed by atoms with van der Waals surface area (Å²) < 4.78 is 27.4. The summed E-state index contributed by atoms with van der Waals surface area (Å²) in [5.74, 6) is -0.500. The SMILES string of the molecule is O=C(/C=C/c1ccccc1[N+](=O)[O-])Nc1ccc(S(=O)(=O)NCCc2ccccc2)cc1. The zero-order valence-corrected chi connectivity index (χ0v) is 17.8. The van der Waals surface area contributed by atoms with Gasteiger partial charge in [-0.05, 0) is 48.4 Å². The third kappa shape index (κ3) is 6.34. The molecule has 3 aromatic rings. The Morgan fingerprint density at radius 3 is 2.28 bits per heavy atom. The van der Waals surface area contributed by atoms with E-state index in [1.165, 1.54) is 48.6 Å². The number of carbonyl (C=O) groups is 1. The predicted octanol–water partition coefficient (Wildman–Crippen LogP) is 3.77. The Hall–Kier alpha value is -3.82. The molecule has 0 atom stereocenters. The largest absolute Gasteiger partial charge is 0.323 e. The van der Waals surface area contributed by atoms with Gasteiger partial charge in [-0.1, -0.05) is 42.5 Å². The summed E-state index contributed by atoms with van der Waals surface area (Å²) in [5.41, 5.74) is 1.62. The van der Waals surface area contributed by atoms with Gasteiger partial charge < -0.3 is 5.32 Å². The van der Waals surface area contributed by atoms with Crippen molar-refractivity contribution in [2.45, 2.75) is 11.3 Å². The van der Waals surface area contributed by atoms with Crippen LogP contribution in [0.3, 0.4) is 0 Å². The second kappa shape index (κ2) is 10.5. The molecule has 0 saturated heterocycles. The third-order valence-corrected chi connectivity index (χ3v) is 6.01. The van der Waals surface area contributed by atoms with Crippen LogP contribution < -0.4 is 10.0 Å². The summed E-state index contributed by atoms with van der Waals surface area (Å²) in [4.78, 5) is 22.7. The zero-order chi connectivity index (χ0) is 23.0. The normalized spacial score (nSPS) is 11.4. The van der Waals surface area contributed by atoms with Gasteiger partial charge in [-0.15, -0.1) is 0 Å². The van der Waals surface area contributed by atoms with Gasteiger partial charge in [0.1, 0.15) is 0 Å². The fourth-order valence-corrected chi connectivity index (χ4v) is 3.95. The van der Waals surface area contributed by atoms with Crippen LogP contribution in [-0.4, -0.2) is 25.8 Å². The van der Waals surface area contributed by atoms with Gasteiger partial charge in [-0.25, -0.2) is 13.1 Å². The molecule has 0 aliphatic heterocycles. The van der Waals surface area contributed by atoms with E-state index in [2.05, 4.69) is 10.0 Å². The van der Waals surface area contributed by atoms with Crippen LogP contribution in [0.2, 0.25) is 0 Å². The number of carbonyl (C=O) groups excluding carboxylic acids is 1. The van der Waals surface area contributed by atoms with Gasteiger partial charge in [-0.3, -0.25) is 14.9 Å². The lowest BCUT2D eigenvalue weighted by molar-refractivity contribution is -0.385. The first-order valence-electron chi connectivity index (χ1n) is 9.71. The third-order valence-electron chi connectivity index (χ3n) is 4.53. The van der Waals surface area contributed by atoms with Crippen LogP contribution in [0.25, 0.3) is 6.08 Å². The summed E-state index contributed by atoms with van der Waals surface area (Å²) >= 11 is 0. The second-order valence-corrected chi connectivity index (χ2v) is 8.56. The van der Waals surface area contributed by atoms with E-state index in [4.69, 9.17) is 0 Å². The van der Waals surface area contributed by atoms with Crippen LogP contribution in [0.1, 0.15) is 11.1 Å². The number of nitro groups is 1. The molecular formula is C23H21N3O5S. The summed E-state index contributed by atoms with van der Waals surface area (Å²) in [6, 6.07) is 21.3. The quantitative estimate of drug-likeness (QED) is 0.292. The molecule has 0 unspecified atom stereocenters. The van der Waals surface area contributed by atoms with E-state index in [-0.39, 0.29) is 17.1 Å². The summed E-state index contributed by atoms with van der Waals surface area (Å²) in [7, 11) is -3.68. The first-order chi connectivity index (χ1) is 15.3. The molecule has 0 spiro atoms. The Morgan fingerprint density at radius 1 is 0.938 bits per heavy atom. The molecular weight excluding hydrogens is 430 g/mol. The molecule has 2 N–H and O–H groups in total. The molecule has 0 fully saturated rings. The fourth-order valence-electron chi connectivity index (χ4n) is 2.92. The number of hydrogen-bond donors (Lipinski definition) is 2. The summed E-state index contributed by atoms with van der Waals surface area (Å²) in [6.07, 6.45) is 3.10. The number of anilines is 1. The van der Waals surface area contributed by atoms with Gasteiger partial charge in [0.2, 0.25) is 15.9 Å². The van der Waals surface area contributed by atoms with Gasteiger partial charge in [0, 0.05) is 24.4 Å². The Bertz CT molecular complexity index is 1220. The first-order valence-corrected chi connectivity index (χ1v) is 11.2. The predicted molar refractivity (Wildman–Crippen MR) is 123 cm³/mol. The topological polar surface area (TPSA) is 118 Å². The molecule has 8 nitrogen and oxygen atoms in total. The van der Waals surface area contributed by atoms with Crippen molar-refractivity contribution in [1.29, 1.82) is 0 Å². The molecule has 0 bridgehead atoms. The molecule has 32 heavy (non-hydrogen) atoms. The van der Waals surface area contributed by atoms with E-state index in [1.54, 1.807) is 12.1 Å². The Morgan fingerprint density at radius 2 is 1.59 bits per heavy atom. The van der Waals surface area contributed by atoms with Crippen molar-refractivity contribution in [1.82, 2.24) is 4.72 Å². The monoisotopic (exact) mass is 451 g/mol. The number of amides is 1. The number of hydrogen-bond acceptors (Lipinski definition) is 5. The van der Waals surface area contributed by atoms with Crippen LogP contribution in [0, 0.1) is 10.1 Å². The number of nitrogens with one attached hydrogen (secondary N) is 2. The van der Waals surface area contributed by atoms with Crippen LogP contribution in [-0.2, 0) is 21.2 Å². The van der Waals surface area contributed by atoms with Crippen molar-refractivity contribution < 1.29 is 18.1 Å². The average Bonchev–Trinajstić information content (AvgIpc) is 2.79. The van der Waals surface area contributed by atoms with Gasteiger partial charge in [0.25, 0.3) is 5.69 Å². The van der Waals surface area contributed by atoms with E-state index in [1.807, 2.05) is 30.3 Å². The first kappa shape index (κ1) is 22.9. The van der Waals surface area contributed by atoms with Crippen LogP contribution in [0.4, 0.5) is 11.4 Å². The highest BCUT2D eigenvalue weighted by Gasteiger charge is 2.14. The van der Waals surface area contributed by atoms with E-state index in [0.29, 0.717) is 17.7 Å². The lowest BCUT2D eigenvalue weighted by Crippen LogP contribution is -2.26. The highest BCUT2D eigenvalue weighted by atomic mass is 32.2. The average molecular weight is 452 g/mol. The minimum Gasteiger partial charge on any atom is -0.323 e. The molecule has 3 aromatic carbocycles. The maximum absolute atomic E-state index is 12.4. The van der Waals surface area contributed by atoms with Gasteiger partial charge in [-0.2, -0.15) is 0 Å². The molecule has 3 rings (SSSR count). The van der Waals surface area contributed by atoms with Gasteiger partial charge >= 0.3 is 0 Å². The maximum Gasteiger partial charge on any atom is 0.276 e. The van der Waals surface area contributed by atoms with Crippen LogP contribution in [0.5, 0.6) is 0 Å². The molecule has 0 heterocycles. The Balaban J connectivity index is 1.58. The van der Waals surface area contributed by atoms with Crippen LogP contribution in [0.15, 0.2) is 89.8 Å². The number of nitro benzene ring substituents is 1. The minimum absolute atomic E-state index is 0.0824. The number of sulfonamides is 1. The fraction of sp³-hybridized carbons (Fsp3) is 0.0870. The standard InChI is InChI=1S/C23H21N3O5S/c27-23(15-10-19-8-4-5-9-22(19)26(28)29)25-20-11-13-21(14-12-20)32(30,31)24-17-16-18-6-2-1-3-7-18/h1-15,24H,16-17H2,(H,25,27)/b15-10+. The molecule has 0 aliphatic carbocycles. The molecule has 9 heteroatoms. The van der Waals surface area contributed by atoms with E-state index >= 15 is 0 Å². The Labute approximate surface area is 185 Å². The summed E-state index contributed by atoms with van der Waals surface area (Å²) in [6.45, 7) is 0.265. The maximum atomic E-state index is 12.4. The van der Waals surface area contributed by atoms with Crippen molar-refractivity contribution in [2.75, 3.05) is 11.9 Å². The lowest BCUT2D eigenvalue weighted by Gasteiger charge is -2.08. The van der Waals surface area contributed by atoms with Crippen LogP contribution >= 0.6 is 0 Å². The minimum atomic E-state index is -3.68. The van der Waals surface area contributed by atoms with Gasteiger partial charge in [0.15, 0.2) is 0 Å². The molecule has 0 radical (unpaired) electrons. The molecule has 1 amide bonds. The Kier molecular flexibility index (Phi) is 7.48. The van der Waals surface area contributed by atoms with Crippen molar-refractivity contribution in [3.05, 3.63) is 106 Å². The van der Waals surface area contributed by atoms with Crippen molar-refractivity contribution in [3.63, 3.8) is 0 Å². The van der Waals surface area contributed by atoms with Crippen molar-refractivity contribution in [3.8, 4) is 0 Å². The van der Waals surface area contributed by atoms with E-state index < -0.39 is 20.9 Å². The molecule has 164 valence electrons. The van der Waals surface area contributed by atoms with Crippen molar-refractivity contribution in [2.24, 2.45) is 0 Å². The number of benzene rings is 3. The van der Waals surface area contributed by atoms with E-state index in [9.17, 15) is 23.3 Å². The molecule has 0 aromatic heterocycles. The molecule has 0 aliphatic rings. The van der Waals surface area contributed by atoms with E-state index in [0.717, 1.165) is 5.56 Å². The lowest BCUT2D eigenvalue weighted by atomic mass is 10.1. The highest BCUT2D eigenvalue weighted by Crippen LogP contribution is 2.19. The second-order valence-electron chi connectivity index (χ2n) is 6.80. The number of nitrogens with zero attached hydrogens (tertiary/aromatic N) is 1. The van der Waals surface area contributed by atoms with Gasteiger partial charge in [0.05, 0.1) is 15.4 Å². The van der Waals surface area contributed by atoms with Crippen molar-refractivity contribution >= 4 is 33.4 Å². The zero-order valence-electron chi connectivity index (χ0n) is 17.0.